The third-order valence-corrected chi connectivity index (χ3v) is 3.41. The van der Waals surface area contributed by atoms with Crippen LogP contribution in [0.25, 0.3) is 0 Å². The van der Waals surface area contributed by atoms with Crippen LogP contribution in [0.5, 0.6) is 0 Å². The quantitative estimate of drug-likeness (QED) is 0.778. The van der Waals surface area contributed by atoms with E-state index in [9.17, 15) is 13.2 Å². The van der Waals surface area contributed by atoms with E-state index < -0.39 is 15.0 Å². The van der Waals surface area contributed by atoms with Crippen molar-refractivity contribution in [2.24, 2.45) is 7.05 Å². The maximum atomic E-state index is 11.0. The summed E-state index contributed by atoms with van der Waals surface area (Å²) in [5.41, 5.74) is 0.194. The van der Waals surface area contributed by atoms with Crippen molar-refractivity contribution in [2.45, 2.75) is 11.8 Å². The summed E-state index contributed by atoms with van der Waals surface area (Å²) in [5, 5.41) is 8.71. The van der Waals surface area contributed by atoms with Crippen LogP contribution in [0.3, 0.4) is 0 Å². The minimum absolute atomic E-state index is 0.110. The molecule has 0 radical (unpaired) electrons. The standard InChI is InChI=1S/C7H8ClNO4S/c1-4-6(14(8,12)13)3-5(7(10)11)9(4)2/h3H,1-2H3,(H,10,11). The number of hydrogen-bond acceptors (Lipinski definition) is 3. The normalized spacial score (nSPS) is 11.6. The molecule has 5 nitrogen and oxygen atoms in total. The Morgan fingerprint density at radius 2 is 2.07 bits per heavy atom. The van der Waals surface area contributed by atoms with Crippen LogP contribution in [-0.4, -0.2) is 24.1 Å². The van der Waals surface area contributed by atoms with Gasteiger partial charge in [0.1, 0.15) is 10.6 Å². The monoisotopic (exact) mass is 237 g/mol. The van der Waals surface area contributed by atoms with Crippen LogP contribution in [0.15, 0.2) is 11.0 Å². The fraction of sp³-hybridized carbons (Fsp3) is 0.286. The lowest BCUT2D eigenvalue weighted by Crippen LogP contribution is -2.04. The van der Waals surface area contributed by atoms with E-state index in [0.29, 0.717) is 5.69 Å². The number of aromatic nitrogens is 1. The van der Waals surface area contributed by atoms with E-state index in [1.54, 1.807) is 0 Å². The zero-order chi connectivity index (χ0) is 11.1. The van der Waals surface area contributed by atoms with Gasteiger partial charge < -0.3 is 9.67 Å². The summed E-state index contributed by atoms with van der Waals surface area (Å²) in [5.74, 6) is -1.19. The van der Waals surface area contributed by atoms with Gasteiger partial charge in [0.15, 0.2) is 0 Å². The van der Waals surface area contributed by atoms with E-state index in [2.05, 4.69) is 0 Å². The number of aromatic carboxylic acids is 1. The van der Waals surface area contributed by atoms with E-state index >= 15 is 0 Å². The molecule has 0 atom stereocenters. The number of nitrogens with zero attached hydrogens (tertiary/aromatic N) is 1. The Labute approximate surface area is 85.3 Å². The third-order valence-electron chi connectivity index (χ3n) is 1.97. The Kier molecular flexibility index (Phi) is 2.60. The molecule has 7 heteroatoms. The zero-order valence-electron chi connectivity index (χ0n) is 7.48. The number of rotatable bonds is 2. The molecule has 0 spiro atoms. The first-order valence-electron chi connectivity index (χ1n) is 3.59. The van der Waals surface area contributed by atoms with E-state index in [-0.39, 0.29) is 10.6 Å². The largest absolute Gasteiger partial charge is 0.477 e. The SMILES string of the molecule is Cc1c(S(=O)(=O)Cl)cc(C(=O)O)n1C. The summed E-state index contributed by atoms with van der Waals surface area (Å²) < 4.78 is 23.3. The number of hydrogen-bond donors (Lipinski definition) is 1. The first-order valence-corrected chi connectivity index (χ1v) is 5.90. The molecule has 78 valence electrons. The van der Waals surface area contributed by atoms with E-state index in [1.807, 2.05) is 0 Å². The summed E-state index contributed by atoms with van der Waals surface area (Å²) in [7, 11) is 2.70. The second-order valence-electron chi connectivity index (χ2n) is 2.78. The van der Waals surface area contributed by atoms with Crippen molar-refractivity contribution in [1.82, 2.24) is 4.57 Å². The maximum Gasteiger partial charge on any atom is 0.352 e. The van der Waals surface area contributed by atoms with Gasteiger partial charge >= 0.3 is 5.97 Å². The average molecular weight is 238 g/mol. The molecule has 0 saturated heterocycles. The molecule has 0 bridgehead atoms. The molecule has 0 unspecified atom stereocenters. The van der Waals surface area contributed by atoms with Crippen LogP contribution in [0.2, 0.25) is 0 Å². The molecule has 0 amide bonds. The summed E-state index contributed by atoms with van der Waals surface area (Å²) in [4.78, 5) is 10.5. The first-order chi connectivity index (χ1) is 6.25. The van der Waals surface area contributed by atoms with Gasteiger partial charge in [0, 0.05) is 23.4 Å². The Balaban J connectivity index is 3.52. The molecule has 1 aromatic rings. The van der Waals surface area contributed by atoms with Gasteiger partial charge in [0.05, 0.1) is 0 Å². The van der Waals surface area contributed by atoms with E-state index in [4.69, 9.17) is 15.8 Å². The molecule has 0 aromatic carbocycles. The van der Waals surface area contributed by atoms with Gasteiger partial charge in [-0.15, -0.1) is 0 Å². The molecular weight excluding hydrogens is 230 g/mol. The van der Waals surface area contributed by atoms with Crippen LogP contribution in [0.4, 0.5) is 0 Å². The minimum atomic E-state index is -3.88. The second-order valence-corrected chi connectivity index (χ2v) is 5.32. The number of carboxylic acids is 1. The molecule has 0 fully saturated rings. The van der Waals surface area contributed by atoms with Gasteiger partial charge in [0.25, 0.3) is 9.05 Å². The molecule has 0 aliphatic heterocycles. The Morgan fingerprint density at radius 1 is 1.57 bits per heavy atom. The molecule has 1 N–H and O–H groups in total. The molecule has 0 saturated carbocycles. The van der Waals surface area contributed by atoms with Crippen LogP contribution in [-0.2, 0) is 16.1 Å². The van der Waals surface area contributed by atoms with Gasteiger partial charge in [-0.3, -0.25) is 0 Å². The summed E-state index contributed by atoms with van der Waals surface area (Å²) in [6.45, 7) is 1.49. The van der Waals surface area contributed by atoms with Crippen molar-refractivity contribution >= 4 is 25.7 Å². The van der Waals surface area contributed by atoms with Crippen LogP contribution >= 0.6 is 10.7 Å². The molecule has 1 heterocycles. The average Bonchev–Trinajstić information content (AvgIpc) is 2.28. The smallest absolute Gasteiger partial charge is 0.352 e. The topological polar surface area (TPSA) is 76.4 Å². The molecule has 0 aliphatic carbocycles. The lowest BCUT2D eigenvalue weighted by atomic mass is 10.4. The minimum Gasteiger partial charge on any atom is -0.477 e. The molecule has 14 heavy (non-hydrogen) atoms. The maximum absolute atomic E-state index is 11.0. The van der Waals surface area contributed by atoms with Crippen molar-refractivity contribution < 1.29 is 18.3 Å². The molecule has 0 aliphatic rings. The third kappa shape index (κ3) is 1.76. The zero-order valence-corrected chi connectivity index (χ0v) is 9.06. The van der Waals surface area contributed by atoms with Gasteiger partial charge in [-0.2, -0.15) is 0 Å². The highest BCUT2D eigenvalue weighted by Crippen LogP contribution is 2.22. The lowest BCUT2D eigenvalue weighted by Gasteiger charge is -1.99. The summed E-state index contributed by atoms with van der Waals surface area (Å²) in [6.07, 6.45) is 0. The second kappa shape index (κ2) is 3.29. The lowest BCUT2D eigenvalue weighted by molar-refractivity contribution is 0.0686. The Hall–Kier alpha value is -1.01. The van der Waals surface area contributed by atoms with Crippen molar-refractivity contribution in [3.8, 4) is 0 Å². The highest BCUT2D eigenvalue weighted by atomic mass is 35.7. The number of carbonyl (C=O) groups is 1. The predicted molar refractivity (Wildman–Crippen MR) is 50.1 cm³/mol. The van der Waals surface area contributed by atoms with Crippen molar-refractivity contribution in [3.05, 3.63) is 17.5 Å². The van der Waals surface area contributed by atoms with E-state index in [0.717, 1.165) is 6.07 Å². The van der Waals surface area contributed by atoms with Crippen LogP contribution < -0.4 is 0 Å². The van der Waals surface area contributed by atoms with Crippen molar-refractivity contribution in [2.75, 3.05) is 0 Å². The fourth-order valence-corrected chi connectivity index (χ4v) is 2.33. The highest BCUT2D eigenvalue weighted by molar-refractivity contribution is 8.13. The highest BCUT2D eigenvalue weighted by Gasteiger charge is 2.21. The van der Waals surface area contributed by atoms with E-state index in [1.165, 1.54) is 18.5 Å². The number of carboxylic acid groups (broad SMARTS) is 1. The van der Waals surface area contributed by atoms with Gasteiger partial charge in [-0.1, -0.05) is 0 Å². The first kappa shape index (κ1) is 11.1. The Bertz CT molecular complexity index is 488. The van der Waals surface area contributed by atoms with Crippen LogP contribution in [0, 0.1) is 6.92 Å². The number of halogens is 1. The predicted octanol–water partition coefficient (Wildman–Crippen LogP) is 0.959. The summed E-state index contributed by atoms with van der Waals surface area (Å²) >= 11 is 0. The van der Waals surface area contributed by atoms with Gasteiger partial charge in [-0.05, 0) is 13.0 Å². The van der Waals surface area contributed by atoms with Crippen molar-refractivity contribution in [1.29, 1.82) is 0 Å². The fourth-order valence-electron chi connectivity index (χ4n) is 1.12. The van der Waals surface area contributed by atoms with Gasteiger partial charge in [0.2, 0.25) is 0 Å². The van der Waals surface area contributed by atoms with Crippen LogP contribution in [0.1, 0.15) is 16.2 Å². The Morgan fingerprint density at radius 3 is 2.29 bits per heavy atom. The van der Waals surface area contributed by atoms with Crippen molar-refractivity contribution in [3.63, 3.8) is 0 Å². The summed E-state index contributed by atoms with van der Waals surface area (Å²) in [6, 6.07) is 1.04. The van der Waals surface area contributed by atoms with Gasteiger partial charge in [-0.25, -0.2) is 13.2 Å². The molecular formula is C7H8ClNO4S. The molecule has 1 rings (SSSR count). The molecule has 1 aromatic heterocycles.